The molecule has 2 aromatic carbocycles. The van der Waals surface area contributed by atoms with Crippen LogP contribution in [0.1, 0.15) is 34.6 Å². The van der Waals surface area contributed by atoms with Crippen LogP contribution in [0.25, 0.3) is 11.0 Å². The number of pyridine rings is 1. The van der Waals surface area contributed by atoms with E-state index in [1.165, 1.54) is 12.0 Å². The number of nitrogens with zero attached hydrogens (tertiary/aromatic N) is 2. The summed E-state index contributed by atoms with van der Waals surface area (Å²) in [6, 6.07) is 17.0. The largest absolute Gasteiger partial charge is 0.503 e. The second-order valence-electron chi connectivity index (χ2n) is 7.96. The highest BCUT2D eigenvalue weighted by Crippen LogP contribution is 2.42. The van der Waals surface area contributed by atoms with Gasteiger partial charge in [0.1, 0.15) is 0 Å². The van der Waals surface area contributed by atoms with Gasteiger partial charge in [-0.25, -0.2) is 0 Å². The number of carbonyl (C=O) groups excluding carboxylic acids is 2. The number of ketones is 1. The Kier molecular flexibility index (Phi) is 5.37. The third kappa shape index (κ3) is 3.42. The lowest BCUT2D eigenvalue weighted by atomic mass is 9.95. The maximum Gasteiger partial charge on any atom is 0.294 e. The van der Waals surface area contributed by atoms with Gasteiger partial charge in [0.05, 0.1) is 18.7 Å². The van der Waals surface area contributed by atoms with Gasteiger partial charge in [0, 0.05) is 23.5 Å². The molecule has 34 heavy (non-hydrogen) atoms. The number of aromatic nitrogens is 1. The Hall–Kier alpha value is -4.39. The quantitative estimate of drug-likeness (QED) is 0.404. The Labute approximate surface area is 195 Å². The summed E-state index contributed by atoms with van der Waals surface area (Å²) < 4.78 is 11.2. The van der Waals surface area contributed by atoms with Crippen molar-refractivity contribution in [2.24, 2.45) is 0 Å². The number of furan rings is 1. The number of hydrogen-bond acceptors (Lipinski definition) is 6. The van der Waals surface area contributed by atoms with Crippen LogP contribution in [-0.2, 0) is 11.2 Å². The van der Waals surface area contributed by atoms with Gasteiger partial charge < -0.3 is 14.3 Å². The molecule has 170 valence electrons. The van der Waals surface area contributed by atoms with Crippen LogP contribution in [-0.4, -0.2) is 28.9 Å². The van der Waals surface area contributed by atoms with Gasteiger partial charge in [0.2, 0.25) is 5.78 Å². The van der Waals surface area contributed by atoms with Gasteiger partial charge in [-0.15, -0.1) is 0 Å². The molecule has 2 aromatic heterocycles. The van der Waals surface area contributed by atoms with Gasteiger partial charge in [-0.1, -0.05) is 37.3 Å². The Bertz CT molecular complexity index is 1420. The number of aliphatic hydroxyl groups is 1. The van der Waals surface area contributed by atoms with E-state index in [-0.39, 0.29) is 11.3 Å². The fraction of sp³-hybridized carbons (Fsp3) is 0.148. The van der Waals surface area contributed by atoms with E-state index in [9.17, 15) is 14.7 Å². The molecule has 0 fully saturated rings. The van der Waals surface area contributed by atoms with E-state index < -0.39 is 23.5 Å². The van der Waals surface area contributed by atoms with E-state index in [0.29, 0.717) is 28.0 Å². The first-order valence-electron chi connectivity index (χ1n) is 10.9. The summed E-state index contributed by atoms with van der Waals surface area (Å²) in [5, 5.41) is 11.6. The first-order chi connectivity index (χ1) is 16.5. The van der Waals surface area contributed by atoms with Crippen molar-refractivity contribution in [1.29, 1.82) is 0 Å². The number of fused-ring (bicyclic) bond motifs is 1. The van der Waals surface area contributed by atoms with Crippen LogP contribution in [0.3, 0.4) is 0 Å². The lowest BCUT2D eigenvalue weighted by molar-refractivity contribution is -0.117. The average Bonchev–Trinajstić information content (AvgIpc) is 3.43. The molecular weight excluding hydrogens is 432 g/mol. The Morgan fingerprint density at radius 1 is 1.15 bits per heavy atom. The number of anilines is 1. The molecule has 0 saturated carbocycles. The molecule has 7 heteroatoms. The van der Waals surface area contributed by atoms with Gasteiger partial charge in [-0.3, -0.25) is 19.5 Å². The van der Waals surface area contributed by atoms with Gasteiger partial charge >= 0.3 is 0 Å². The predicted molar refractivity (Wildman–Crippen MR) is 127 cm³/mol. The summed E-state index contributed by atoms with van der Waals surface area (Å²) in [5.41, 5.74) is 2.63. The van der Waals surface area contributed by atoms with Crippen LogP contribution >= 0.6 is 0 Å². The average molecular weight is 454 g/mol. The number of ether oxygens (including phenoxy) is 1. The van der Waals surface area contributed by atoms with Crippen LogP contribution in [0.2, 0.25) is 0 Å². The van der Waals surface area contributed by atoms with Gasteiger partial charge in [0.25, 0.3) is 5.91 Å². The molecule has 0 radical (unpaired) electrons. The predicted octanol–water partition coefficient (Wildman–Crippen LogP) is 5.18. The number of aliphatic hydroxyl groups excluding tert-OH is 1. The number of amides is 1. The van der Waals surface area contributed by atoms with Crippen molar-refractivity contribution in [3.05, 3.63) is 101 Å². The molecule has 1 amide bonds. The summed E-state index contributed by atoms with van der Waals surface area (Å²) >= 11 is 0. The minimum absolute atomic E-state index is 0.00548. The normalized spacial score (nSPS) is 15.9. The molecule has 1 N–H and O–H groups in total. The molecule has 5 rings (SSSR count). The highest BCUT2D eigenvalue weighted by atomic mass is 16.5. The number of aryl methyl sites for hydroxylation is 1. The van der Waals surface area contributed by atoms with E-state index in [2.05, 4.69) is 4.98 Å². The SMILES string of the molecule is CCc1ccc(N2C(=O)C(O)=C(C(=O)c3cc4cccc(OC)c4o3)C2c2cccnc2)cc1. The maximum atomic E-state index is 13.7. The third-order valence-electron chi connectivity index (χ3n) is 6.03. The summed E-state index contributed by atoms with van der Waals surface area (Å²) in [5.74, 6) is -1.35. The second kappa shape index (κ2) is 8.51. The molecule has 3 heterocycles. The monoisotopic (exact) mass is 454 g/mol. The third-order valence-corrected chi connectivity index (χ3v) is 6.03. The van der Waals surface area contributed by atoms with E-state index >= 15 is 0 Å². The van der Waals surface area contributed by atoms with E-state index in [1.807, 2.05) is 31.2 Å². The Morgan fingerprint density at radius 3 is 2.62 bits per heavy atom. The van der Waals surface area contributed by atoms with Crippen molar-refractivity contribution < 1.29 is 23.8 Å². The van der Waals surface area contributed by atoms with Crippen LogP contribution in [0, 0.1) is 0 Å². The highest BCUT2D eigenvalue weighted by molar-refractivity contribution is 6.20. The van der Waals surface area contributed by atoms with Gasteiger partial charge in [-0.2, -0.15) is 0 Å². The van der Waals surface area contributed by atoms with E-state index in [4.69, 9.17) is 9.15 Å². The number of methoxy groups -OCH3 is 1. The molecule has 1 aliphatic rings. The maximum absolute atomic E-state index is 13.7. The first kappa shape index (κ1) is 21.5. The fourth-order valence-electron chi connectivity index (χ4n) is 4.29. The molecule has 4 aromatic rings. The van der Waals surface area contributed by atoms with Crippen LogP contribution in [0.15, 0.2) is 88.8 Å². The Balaban J connectivity index is 1.64. The lowest BCUT2D eigenvalue weighted by Crippen LogP contribution is -2.31. The smallest absolute Gasteiger partial charge is 0.294 e. The summed E-state index contributed by atoms with van der Waals surface area (Å²) in [7, 11) is 1.52. The van der Waals surface area contributed by atoms with Crippen molar-refractivity contribution in [2.75, 3.05) is 12.0 Å². The van der Waals surface area contributed by atoms with Gasteiger partial charge in [0.15, 0.2) is 22.9 Å². The zero-order chi connectivity index (χ0) is 23.8. The van der Waals surface area contributed by atoms with Crippen LogP contribution in [0.5, 0.6) is 5.75 Å². The first-order valence-corrected chi connectivity index (χ1v) is 10.9. The molecule has 1 unspecified atom stereocenters. The topological polar surface area (TPSA) is 92.9 Å². The van der Waals surface area contributed by atoms with Crippen molar-refractivity contribution >= 4 is 28.3 Å². The highest BCUT2D eigenvalue weighted by Gasteiger charge is 2.45. The molecule has 1 aliphatic heterocycles. The summed E-state index contributed by atoms with van der Waals surface area (Å²) in [6.45, 7) is 2.04. The minimum atomic E-state index is -0.865. The molecule has 0 spiro atoms. The van der Waals surface area contributed by atoms with E-state index in [0.717, 1.165) is 12.0 Å². The number of hydrogen-bond donors (Lipinski definition) is 1. The number of rotatable bonds is 6. The molecular formula is C27H22N2O5. The standard InChI is InChI=1S/C27H22N2O5/c1-3-16-9-11-19(12-10-16)29-23(18-7-5-13-28-15-18)22(25(31)27(29)32)24(30)21-14-17-6-4-8-20(33-2)26(17)34-21/h4-15,23,31H,3H2,1-2H3. The number of benzene rings is 2. The number of Topliss-reactive ketones (excluding diaryl/α,β-unsaturated/α-hetero) is 1. The number of para-hydroxylation sites is 1. The molecule has 0 aliphatic carbocycles. The molecule has 7 nitrogen and oxygen atoms in total. The summed E-state index contributed by atoms with van der Waals surface area (Å²) in [4.78, 5) is 32.5. The lowest BCUT2D eigenvalue weighted by Gasteiger charge is -2.26. The second-order valence-corrected chi connectivity index (χ2v) is 7.96. The zero-order valence-corrected chi connectivity index (χ0v) is 18.7. The molecule has 0 saturated heterocycles. The zero-order valence-electron chi connectivity index (χ0n) is 18.7. The van der Waals surface area contributed by atoms with Crippen molar-refractivity contribution in [3.8, 4) is 5.75 Å². The van der Waals surface area contributed by atoms with Crippen LogP contribution < -0.4 is 9.64 Å². The minimum Gasteiger partial charge on any atom is -0.503 e. The van der Waals surface area contributed by atoms with Crippen molar-refractivity contribution in [3.63, 3.8) is 0 Å². The van der Waals surface area contributed by atoms with Gasteiger partial charge in [-0.05, 0) is 47.9 Å². The van der Waals surface area contributed by atoms with Crippen LogP contribution in [0.4, 0.5) is 5.69 Å². The fourth-order valence-corrected chi connectivity index (χ4v) is 4.29. The van der Waals surface area contributed by atoms with Crippen molar-refractivity contribution in [2.45, 2.75) is 19.4 Å². The van der Waals surface area contributed by atoms with E-state index in [1.54, 1.807) is 48.8 Å². The van der Waals surface area contributed by atoms with Crippen molar-refractivity contribution in [1.82, 2.24) is 4.98 Å². The molecule has 1 atom stereocenters. The molecule has 0 bridgehead atoms. The Morgan fingerprint density at radius 2 is 1.94 bits per heavy atom. The number of carbonyl (C=O) groups is 2. The summed E-state index contributed by atoms with van der Waals surface area (Å²) in [6.07, 6.45) is 4.04.